The largest absolute Gasteiger partial charge is 0.494 e. The molecule has 2 aromatic rings. The number of ether oxygens (including phenoxy) is 1. The second-order valence-corrected chi connectivity index (χ2v) is 6.08. The second-order valence-electron chi connectivity index (χ2n) is 3.97. The lowest BCUT2D eigenvalue weighted by atomic mass is 10.1. The third-order valence-electron chi connectivity index (χ3n) is 2.60. The molecule has 0 unspecified atom stereocenters. The summed E-state index contributed by atoms with van der Waals surface area (Å²) >= 11 is 10.9. The van der Waals surface area contributed by atoms with Crippen LogP contribution in [0.4, 0.5) is 0 Å². The SMILES string of the molecule is CCOc1ccc(C(=O)c2scc(C)c2Cl)c(Br)c1. The van der Waals surface area contributed by atoms with Crippen molar-refractivity contribution in [3.63, 3.8) is 0 Å². The summed E-state index contributed by atoms with van der Waals surface area (Å²) in [5.74, 6) is 0.664. The van der Waals surface area contributed by atoms with E-state index in [2.05, 4.69) is 15.9 Å². The van der Waals surface area contributed by atoms with Crippen LogP contribution in [0.2, 0.25) is 5.02 Å². The van der Waals surface area contributed by atoms with Crippen LogP contribution in [0.5, 0.6) is 5.75 Å². The van der Waals surface area contributed by atoms with Crippen LogP contribution in [0.3, 0.4) is 0 Å². The molecule has 1 aromatic carbocycles. The van der Waals surface area contributed by atoms with E-state index >= 15 is 0 Å². The summed E-state index contributed by atoms with van der Waals surface area (Å²) in [5.41, 5.74) is 1.52. The Balaban J connectivity index is 2.37. The van der Waals surface area contributed by atoms with Gasteiger partial charge in [0.1, 0.15) is 5.75 Å². The van der Waals surface area contributed by atoms with Crippen LogP contribution in [-0.4, -0.2) is 12.4 Å². The normalized spacial score (nSPS) is 10.5. The molecule has 0 saturated heterocycles. The summed E-state index contributed by atoms with van der Waals surface area (Å²) in [7, 11) is 0. The summed E-state index contributed by atoms with van der Waals surface area (Å²) in [4.78, 5) is 13.0. The Morgan fingerprint density at radius 3 is 2.74 bits per heavy atom. The maximum Gasteiger partial charge on any atom is 0.205 e. The number of aryl methyl sites for hydroxylation is 1. The number of benzene rings is 1. The minimum atomic E-state index is -0.0713. The highest BCUT2D eigenvalue weighted by atomic mass is 79.9. The van der Waals surface area contributed by atoms with Crippen molar-refractivity contribution in [1.82, 2.24) is 0 Å². The van der Waals surface area contributed by atoms with Gasteiger partial charge in [-0.2, -0.15) is 0 Å². The Bertz CT molecular complexity index is 622. The van der Waals surface area contributed by atoms with Gasteiger partial charge in [-0.05, 0) is 58.9 Å². The zero-order valence-corrected chi connectivity index (χ0v) is 13.7. The summed E-state index contributed by atoms with van der Waals surface area (Å²) < 4.78 is 6.10. The Kier molecular flexibility index (Phi) is 4.66. The fraction of sp³-hybridized carbons (Fsp3) is 0.214. The molecule has 0 spiro atoms. The van der Waals surface area contributed by atoms with Gasteiger partial charge in [-0.3, -0.25) is 4.79 Å². The predicted molar refractivity (Wildman–Crippen MR) is 82.8 cm³/mol. The Labute approximate surface area is 129 Å². The number of halogens is 2. The number of carbonyl (C=O) groups is 1. The molecule has 100 valence electrons. The number of rotatable bonds is 4. The van der Waals surface area contributed by atoms with Gasteiger partial charge in [0.25, 0.3) is 0 Å². The van der Waals surface area contributed by atoms with Crippen molar-refractivity contribution < 1.29 is 9.53 Å². The van der Waals surface area contributed by atoms with E-state index in [9.17, 15) is 4.79 Å². The Morgan fingerprint density at radius 2 is 2.21 bits per heavy atom. The standard InChI is InChI=1S/C14H12BrClO2S/c1-3-18-9-4-5-10(11(15)6-9)13(17)14-12(16)8(2)7-19-14/h4-7H,3H2,1-2H3. The van der Waals surface area contributed by atoms with Crippen molar-refractivity contribution in [1.29, 1.82) is 0 Å². The molecule has 0 aliphatic rings. The first-order chi connectivity index (χ1) is 9.04. The molecule has 2 rings (SSSR count). The van der Waals surface area contributed by atoms with Gasteiger partial charge in [-0.15, -0.1) is 11.3 Å². The summed E-state index contributed by atoms with van der Waals surface area (Å²) in [6, 6.07) is 5.34. The highest BCUT2D eigenvalue weighted by molar-refractivity contribution is 9.10. The van der Waals surface area contributed by atoms with Crippen LogP contribution < -0.4 is 4.74 Å². The molecule has 0 radical (unpaired) electrons. The highest BCUT2D eigenvalue weighted by Crippen LogP contribution is 2.32. The van der Waals surface area contributed by atoms with Crippen molar-refractivity contribution >= 4 is 44.7 Å². The zero-order chi connectivity index (χ0) is 14.0. The number of hydrogen-bond acceptors (Lipinski definition) is 3. The van der Waals surface area contributed by atoms with E-state index in [1.807, 2.05) is 19.2 Å². The molecule has 1 aromatic heterocycles. The molecule has 0 amide bonds. The molecule has 0 saturated carbocycles. The molecule has 1 heterocycles. The summed E-state index contributed by atoms with van der Waals surface area (Å²) in [6.45, 7) is 4.40. The first-order valence-corrected chi connectivity index (χ1v) is 7.80. The van der Waals surface area contributed by atoms with Crippen LogP contribution in [0.15, 0.2) is 28.1 Å². The van der Waals surface area contributed by atoms with Gasteiger partial charge in [0, 0.05) is 10.0 Å². The van der Waals surface area contributed by atoms with Crippen molar-refractivity contribution in [2.45, 2.75) is 13.8 Å². The first kappa shape index (κ1) is 14.6. The Morgan fingerprint density at radius 1 is 1.47 bits per heavy atom. The lowest BCUT2D eigenvalue weighted by molar-refractivity contribution is 0.104. The maximum atomic E-state index is 12.4. The van der Waals surface area contributed by atoms with Crippen molar-refractivity contribution in [3.8, 4) is 5.75 Å². The summed E-state index contributed by atoms with van der Waals surface area (Å²) in [6.07, 6.45) is 0. The van der Waals surface area contributed by atoms with Crippen LogP contribution in [-0.2, 0) is 0 Å². The van der Waals surface area contributed by atoms with Gasteiger partial charge in [0.05, 0.1) is 16.5 Å². The fourth-order valence-electron chi connectivity index (χ4n) is 1.64. The number of hydrogen-bond donors (Lipinski definition) is 0. The van der Waals surface area contributed by atoms with E-state index in [1.54, 1.807) is 18.2 Å². The molecule has 0 N–H and O–H groups in total. The van der Waals surface area contributed by atoms with Gasteiger partial charge in [-0.1, -0.05) is 11.6 Å². The average molecular weight is 360 g/mol. The maximum absolute atomic E-state index is 12.4. The van der Waals surface area contributed by atoms with E-state index in [0.717, 1.165) is 11.3 Å². The van der Waals surface area contributed by atoms with E-state index in [4.69, 9.17) is 16.3 Å². The average Bonchev–Trinajstić information content (AvgIpc) is 2.70. The molecule has 0 bridgehead atoms. The van der Waals surface area contributed by atoms with Gasteiger partial charge in [0.15, 0.2) is 0 Å². The molecular weight excluding hydrogens is 348 g/mol. The van der Waals surface area contributed by atoms with Gasteiger partial charge >= 0.3 is 0 Å². The van der Waals surface area contributed by atoms with Crippen LogP contribution in [0, 0.1) is 6.92 Å². The zero-order valence-electron chi connectivity index (χ0n) is 10.5. The molecule has 19 heavy (non-hydrogen) atoms. The third kappa shape index (κ3) is 3.02. The van der Waals surface area contributed by atoms with Gasteiger partial charge in [0.2, 0.25) is 5.78 Å². The molecule has 0 aliphatic heterocycles. The predicted octanol–water partition coefficient (Wildman–Crippen LogP) is 5.10. The van der Waals surface area contributed by atoms with Crippen molar-refractivity contribution in [2.75, 3.05) is 6.61 Å². The van der Waals surface area contributed by atoms with E-state index in [-0.39, 0.29) is 5.78 Å². The fourth-order valence-corrected chi connectivity index (χ4v) is 3.41. The van der Waals surface area contributed by atoms with Gasteiger partial charge < -0.3 is 4.74 Å². The van der Waals surface area contributed by atoms with Gasteiger partial charge in [-0.25, -0.2) is 0 Å². The molecule has 0 aliphatic carbocycles. The smallest absolute Gasteiger partial charge is 0.205 e. The molecule has 5 heteroatoms. The topological polar surface area (TPSA) is 26.3 Å². The van der Waals surface area contributed by atoms with Crippen LogP contribution >= 0.6 is 38.9 Å². The van der Waals surface area contributed by atoms with E-state index in [0.29, 0.717) is 26.5 Å². The monoisotopic (exact) mass is 358 g/mol. The molecule has 0 fully saturated rings. The number of ketones is 1. The summed E-state index contributed by atoms with van der Waals surface area (Å²) in [5, 5.41) is 2.42. The minimum Gasteiger partial charge on any atom is -0.494 e. The van der Waals surface area contributed by atoms with Crippen molar-refractivity contribution in [3.05, 3.63) is 49.1 Å². The second kappa shape index (κ2) is 6.07. The van der Waals surface area contributed by atoms with Crippen LogP contribution in [0.25, 0.3) is 0 Å². The Hall–Kier alpha value is -0.840. The van der Waals surface area contributed by atoms with E-state index < -0.39 is 0 Å². The lowest BCUT2D eigenvalue weighted by Crippen LogP contribution is -2.01. The molecule has 2 nitrogen and oxygen atoms in total. The lowest BCUT2D eigenvalue weighted by Gasteiger charge is -2.07. The van der Waals surface area contributed by atoms with Crippen LogP contribution in [0.1, 0.15) is 27.7 Å². The quantitative estimate of drug-likeness (QED) is 0.710. The van der Waals surface area contributed by atoms with Crippen molar-refractivity contribution in [2.24, 2.45) is 0 Å². The third-order valence-corrected chi connectivity index (χ3v) is 4.95. The molecule has 0 atom stereocenters. The minimum absolute atomic E-state index is 0.0713. The molecular formula is C14H12BrClO2S. The number of carbonyl (C=O) groups excluding carboxylic acids is 1. The first-order valence-electron chi connectivity index (χ1n) is 5.75. The number of thiophene rings is 1. The highest BCUT2D eigenvalue weighted by Gasteiger charge is 2.19. The van der Waals surface area contributed by atoms with E-state index in [1.165, 1.54) is 11.3 Å².